The molecule has 1 aromatic carbocycles. The van der Waals surface area contributed by atoms with Gasteiger partial charge in [0.25, 0.3) is 5.91 Å². The Morgan fingerprint density at radius 2 is 1.90 bits per heavy atom. The van der Waals surface area contributed by atoms with Crippen molar-refractivity contribution in [1.82, 2.24) is 9.88 Å². The standard InChI is InChI=1S/C24H27N5O2/c1-16-12-17(2)23(26-15-16)27-8-10-28(11-9-27)24(31)21-6-5-20(13-19(21)14-25)29-18(3)4-7-22(29)30/h5-6,12-13,15,18H,4,7-11H2,1-3H3. The molecule has 2 fully saturated rings. The minimum atomic E-state index is -0.142. The molecule has 2 aliphatic rings. The summed E-state index contributed by atoms with van der Waals surface area (Å²) in [5.41, 5.74) is 3.66. The van der Waals surface area contributed by atoms with Gasteiger partial charge in [0.15, 0.2) is 0 Å². The van der Waals surface area contributed by atoms with Crippen molar-refractivity contribution >= 4 is 23.3 Å². The van der Waals surface area contributed by atoms with Crippen LogP contribution in [0.1, 0.15) is 46.8 Å². The smallest absolute Gasteiger partial charge is 0.255 e. The Morgan fingerprint density at radius 1 is 1.16 bits per heavy atom. The molecule has 7 heteroatoms. The highest BCUT2D eigenvalue weighted by molar-refractivity contribution is 6.00. The Hall–Kier alpha value is -3.40. The number of anilines is 2. The zero-order chi connectivity index (χ0) is 22.1. The lowest BCUT2D eigenvalue weighted by Gasteiger charge is -2.36. The van der Waals surface area contributed by atoms with Crippen LogP contribution in [0.5, 0.6) is 0 Å². The van der Waals surface area contributed by atoms with Crippen molar-refractivity contribution < 1.29 is 9.59 Å². The Bertz CT molecular complexity index is 1070. The molecule has 0 saturated carbocycles. The van der Waals surface area contributed by atoms with Gasteiger partial charge in [0.2, 0.25) is 5.91 Å². The monoisotopic (exact) mass is 417 g/mol. The van der Waals surface area contributed by atoms with Crippen molar-refractivity contribution in [3.05, 3.63) is 52.7 Å². The molecule has 3 heterocycles. The lowest BCUT2D eigenvalue weighted by atomic mass is 10.0. The molecule has 1 atom stereocenters. The Kier molecular flexibility index (Phi) is 5.64. The number of amides is 2. The van der Waals surface area contributed by atoms with Crippen molar-refractivity contribution in [2.75, 3.05) is 36.0 Å². The lowest BCUT2D eigenvalue weighted by Crippen LogP contribution is -2.49. The summed E-state index contributed by atoms with van der Waals surface area (Å²) in [6.07, 6.45) is 3.19. The fourth-order valence-corrected chi connectivity index (χ4v) is 4.52. The molecular formula is C24H27N5O2. The van der Waals surface area contributed by atoms with E-state index in [-0.39, 0.29) is 17.9 Å². The van der Waals surface area contributed by atoms with Crippen molar-refractivity contribution in [3.63, 3.8) is 0 Å². The topological polar surface area (TPSA) is 80.5 Å². The van der Waals surface area contributed by atoms with E-state index in [4.69, 9.17) is 0 Å². The summed E-state index contributed by atoms with van der Waals surface area (Å²) >= 11 is 0. The van der Waals surface area contributed by atoms with E-state index in [9.17, 15) is 14.9 Å². The van der Waals surface area contributed by atoms with Gasteiger partial charge < -0.3 is 14.7 Å². The average Bonchev–Trinajstić information content (AvgIpc) is 3.11. The summed E-state index contributed by atoms with van der Waals surface area (Å²) in [4.78, 5) is 35.6. The van der Waals surface area contributed by atoms with Crippen LogP contribution in [-0.4, -0.2) is 53.9 Å². The molecule has 1 unspecified atom stereocenters. The second kappa shape index (κ2) is 8.38. The van der Waals surface area contributed by atoms with Crippen LogP contribution in [0.15, 0.2) is 30.5 Å². The van der Waals surface area contributed by atoms with E-state index in [1.165, 1.54) is 0 Å². The van der Waals surface area contributed by atoms with E-state index >= 15 is 0 Å². The van der Waals surface area contributed by atoms with Crippen molar-refractivity contribution in [2.45, 2.75) is 39.7 Å². The molecule has 1 aromatic heterocycles. The highest BCUT2D eigenvalue weighted by Crippen LogP contribution is 2.29. The molecular weight excluding hydrogens is 390 g/mol. The van der Waals surface area contributed by atoms with Gasteiger partial charge in [-0.15, -0.1) is 0 Å². The zero-order valence-electron chi connectivity index (χ0n) is 18.3. The predicted molar refractivity (Wildman–Crippen MR) is 119 cm³/mol. The maximum absolute atomic E-state index is 13.2. The average molecular weight is 418 g/mol. The normalized spacial score (nSPS) is 19.0. The number of nitriles is 1. The largest absolute Gasteiger partial charge is 0.353 e. The number of rotatable bonds is 3. The molecule has 2 saturated heterocycles. The van der Waals surface area contributed by atoms with Gasteiger partial charge in [-0.3, -0.25) is 9.59 Å². The van der Waals surface area contributed by atoms with Gasteiger partial charge in [-0.25, -0.2) is 4.98 Å². The number of piperazine rings is 1. The third-order valence-electron chi connectivity index (χ3n) is 6.17. The van der Waals surface area contributed by atoms with E-state index in [1.807, 2.05) is 20.0 Å². The van der Waals surface area contributed by atoms with E-state index in [1.54, 1.807) is 28.0 Å². The summed E-state index contributed by atoms with van der Waals surface area (Å²) in [5.74, 6) is 0.882. The van der Waals surface area contributed by atoms with Crippen LogP contribution in [0.3, 0.4) is 0 Å². The number of carbonyl (C=O) groups is 2. The van der Waals surface area contributed by atoms with Crippen LogP contribution >= 0.6 is 0 Å². The number of benzene rings is 1. The molecule has 0 spiro atoms. The van der Waals surface area contributed by atoms with Crippen LogP contribution in [0.4, 0.5) is 11.5 Å². The summed E-state index contributed by atoms with van der Waals surface area (Å²) in [6.45, 7) is 8.62. The van der Waals surface area contributed by atoms with Crippen LogP contribution in [0.2, 0.25) is 0 Å². The minimum Gasteiger partial charge on any atom is -0.353 e. The molecule has 0 radical (unpaired) electrons. The lowest BCUT2D eigenvalue weighted by molar-refractivity contribution is -0.117. The van der Waals surface area contributed by atoms with E-state index in [0.717, 1.165) is 23.4 Å². The quantitative estimate of drug-likeness (QED) is 0.767. The number of nitrogens with zero attached hydrogens (tertiary/aromatic N) is 5. The van der Waals surface area contributed by atoms with Gasteiger partial charge in [0, 0.05) is 50.5 Å². The number of hydrogen-bond acceptors (Lipinski definition) is 5. The molecule has 2 aliphatic heterocycles. The van der Waals surface area contributed by atoms with Crippen molar-refractivity contribution in [3.8, 4) is 6.07 Å². The summed E-state index contributed by atoms with van der Waals surface area (Å²) in [6, 6.07) is 9.51. The molecule has 0 N–H and O–H groups in total. The molecule has 2 amide bonds. The number of carbonyl (C=O) groups excluding carboxylic acids is 2. The first kappa shape index (κ1) is 20.9. The van der Waals surface area contributed by atoms with Crippen LogP contribution < -0.4 is 9.80 Å². The third kappa shape index (κ3) is 3.98. The Morgan fingerprint density at radius 3 is 2.52 bits per heavy atom. The van der Waals surface area contributed by atoms with E-state index in [0.29, 0.717) is 49.4 Å². The number of pyridine rings is 1. The fraction of sp³-hybridized carbons (Fsp3) is 0.417. The molecule has 4 rings (SSSR count). The minimum absolute atomic E-state index is 0.0617. The maximum atomic E-state index is 13.2. The third-order valence-corrected chi connectivity index (χ3v) is 6.17. The van der Waals surface area contributed by atoms with Crippen LogP contribution in [0, 0.1) is 25.2 Å². The Balaban J connectivity index is 1.49. The van der Waals surface area contributed by atoms with E-state index in [2.05, 4.69) is 28.9 Å². The summed E-state index contributed by atoms with van der Waals surface area (Å²) in [7, 11) is 0. The number of aromatic nitrogens is 1. The first-order valence-corrected chi connectivity index (χ1v) is 10.7. The molecule has 7 nitrogen and oxygen atoms in total. The SMILES string of the molecule is Cc1cnc(N2CCN(C(=O)c3ccc(N4C(=O)CCC4C)cc3C#N)CC2)c(C)c1. The maximum Gasteiger partial charge on any atom is 0.255 e. The van der Waals surface area contributed by atoms with Crippen LogP contribution in [-0.2, 0) is 4.79 Å². The fourth-order valence-electron chi connectivity index (χ4n) is 4.52. The van der Waals surface area contributed by atoms with Gasteiger partial charge >= 0.3 is 0 Å². The number of aryl methyl sites for hydroxylation is 2. The van der Waals surface area contributed by atoms with Crippen molar-refractivity contribution in [2.24, 2.45) is 0 Å². The first-order valence-electron chi connectivity index (χ1n) is 10.7. The molecule has 31 heavy (non-hydrogen) atoms. The highest BCUT2D eigenvalue weighted by Gasteiger charge is 2.30. The van der Waals surface area contributed by atoms with Gasteiger partial charge in [-0.05, 0) is 56.5 Å². The summed E-state index contributed by atoms with van der Waals surface area (Å²) < 4.78 is 0. The molecule has 2 aromatic rings. The second-order valence-corrected chi connectivity index (χ2v) is 8.43. The summed E-state index contributed by atoms with van der Waals surface area (Å²) in [5, 5.41) is 9.67. The molecule has 160 valence electrons. The van der Waals surface area contributed by atoms with Crippen molar-refractivity contribution in [1.29, 1.82) is 5.26 Å². The number of hydrogen-bond donors (Lipinski definition) is 0. The van der Waals surface area contributed by atoms with E-state index < -0.39 is 0 Å². The predicted octanol–water partition coefficient (Wildman–Crippen LogP) is 3.05. The van der Waals surface area contributed by atoms with Crippen LogP contribution in [0.25, 0.3) is 0 Å². The first-order chi connectivity index (χ1) is 14.9. The second-order valence-electron chi connectivity index (χ2n) is 8.43. The van der Waals surface area contributed by atoms with Gasteiger partial charge in [-0.1, -0.05) is 6.07 Å². The zero-order valence-corrected chi connectivity index (χ0v) is 18.3. The highest BCUT2D eigenvalue weighted by atomic mass is 16.2. The van der Waals surface area contributed by atoms with Gasteiger partial charge in [-0.2, -0.15) is 5.26 Å². The molecule has 0 aliphatic carbocycles. The van der Waals surface area contributed by atoms with Gasteiger partial charge in [0.05, 0.1) is 11.1 Å². The Labute approximate surface area is 182 Å². The molecule has 0 bridgehead atoms. The van der Waals surface area contributed by atoms with Gasteiger partial charge in [0.1, 0.15) is 11.9 Å².